The Kier molecular flexibility index (Phi) is 13.7. The number of aliphatic hydroxyl groups excluding tert-OH is 1. The number of fused-ring (bicyclic) bond motifs is 3. The van der Waals surface area contributed by atoms with Crippen molar-refractivity contribution in [2.45, 2.75) is 75.7 Å². The van der Waals surface area contributed by atoms with Gasteiger partial charge in [-0.05, 0) is 72.6 Å². The van der Waals surface area contributed by atoms with E-state index >= 15 is 0 Å². The van der Waals surface area contributed by atoms with Crippen molar-refractivity contribution in [3.05, 3.63) is 89.5 Å². The fourth-order valence-electron chi connectivity index (χ4n) is 8.38. The molecule has 4 fully saturated rings. The zero-order valence-electron chi connectivity index (χ0n) is 29.0. The quantitative estimate of drug-likeness (QED) is 0.0587. The van der Waals surface area contributed by atoms with Crippen molar-refractivity contribution < 1.29 is 51.1 Å². The fraction of sp³-hybridized carbons (Fsp3) is 0.525. The monoisotopic (exact) mass is 751 g/mol. The van der Waals surface area contributed by atoms with E-state index in [9.17, 15) is 20.1 Å². The first-order chi connectivity index (χ1) is 23.9. The third kappa shape index (κ3) is 9.46. The summed E-state index contributed by atoms with van der Waals surface area (Å²) in [5, 5.41) is 38.0. The number of aliphatic hydroxyl groups is 2. The van der Waals surface area contributed by atoms with Crippen LogP contribution in [0.2, 0.25) is 0 Å². The van der Waals surface area contributed by atoms with E-state index < -0.39 is 11.7 Å². The Balaban J connectivity index is 0.00000486. The number of amides is 1. The molecule has 3 aromatic rings. The molecule has 272 valence electrons. The maximum atomic E-state index is 12.0. The maximum absolute atomic E-state index is 12.0. The number of nitrogens with zero attached hydrogens (tertiary/aromatic N) is 1. The first-order valence-electron chi connectivity index (χ1n) is 18.3. The summed E-state index contributed by atoms with van der Waals surface area (Å²) in [7, 11) is 0. The van der Waals surface area contributed by atoms with Gasteiger partial charge in [-0.1, -0.05) is 61.4 Å². The normalized spacial score (nSPS) is 23.5. The van der Waals surface area contributed by atoms with E-state index in [1.807, 2.05) is 42.5 Å². The molecule has 4 aliphatic rings. The van der Waals surface area contributed by atoms with Crippen LogP contribution in [-0.2, 0) is 21.7 Å². The molecule has 3 aromatic carbocycles. The molecule has 0 aromatic heterocycles. The average Bonchev–Trinajstić information content (AvgIpc) is 3.69. The number of benzene rings is 3. The molecule has 9 nitrogen and oxygen atoms in total. The summed E-state index contributed by atoms with van der Waals surface area (Å²) in [6.45, 7) is 6.67. The minimum absolute atomic E-state index is 0. The van der Waals surface area contributed by atoms with Gasteiger partial charge in [0.1, 0.15) is 29.7 Å². The van der Waals surface area contributed by atoms with E-state index in [1.165, 1.54) is 44.8 Å². The summed E-state index contributed by atoms with van der Waals surface area (Å²) in [6, 6.07) is 22.9. The maximum Gasteiger partial charge on any atom is 0.211 e. The third-order valence-corrected chi connectivity index (χ3v) is 11.4. The van der Waals surface area contributed by atoms with Gasteiger partial charge in [0.25, 0.3) is 0 Å². The second-order valence-electron chi connectivity index (χ2n) is 14.5. The Hall–Kier alpha value is -2.99. The Bertz CT molecular complexity index is 1480. The highest BCUT2D eigenvalue weighted by Gasteiger charge is 2.48. The lowest BCUT2D eigenvalue weighted by atomic mass is 9.80. The number of aromatic hydroxyl groups is 1. The van der Waals surface area contributed by atoms with Crippen molar-refractivity contribution in [3.8, 4) is 11.5 Å². The van der Waals surface area contributed by atoms with Crippen molar-refractivity contribution in [3.63, 3.8) is 0 Å². The highest BCUT2D eigenvalue weighted by molar-refractivity contribution is 5.75. The summed E-state index contributed by atoms with van der Waals surface area (Å²) in [6.07, 6.45) is 9.02. The van der Waals surface area contributed by atoms with Gasteiger partial charge in [-0.2, -0.15) is 0 Å². The first kappa shape index (κ1) is 38.2. The zero-order valence-corrected chi connectivity index (χ0v) is 30.6. The van der Waals surface area contributed by atoms with E-state index in [0.717, 1.165) is 60.1 Å². The molecule has 0 spiro atoms. The summed E-state index contributed by atoms with van der Waals surface area (Å²) >= 11 is 0. The Labute approximate surface area is 307 Å². The van der Waals surface area contributed by atoms with Crippen LogP contribution < -0.4 is 32.4 Å². The molecule has 2 bridgehead atoms. The molecule has 3 heterocycles. The molecule has 0 radical (unpaired) electrons. The van der Waals surface area contributed by atoms with Gasteiger partial charge in [0.2, 0.25) is 6.41 Å². The number of halogens is 1. The van der Waals surface area contributed by atoms with Crippen LogP contribution in [0, 0.1) is 11.8 Å². The number of phenolic OH excluding ortho intramolecular Hbond substituents is 1. The summed E-state index contributed by atoms with van der Waals surface area (Å²) in [5.41, 5.74) is 2.06. The lowest BCUT2D eigenvalue weighted by molar-refractivity contribution is -0.946. The molecule has 1 saturated carbocycles. The van der Waals surface area contributed by atoms with Crippen LogP contribution in [0.3, 0.4) is 0 Å². The number of hydrogen-bond acceptors (Lipinski definition) is 7. The van der Waals surface area contributed by atoms with Crippen LogP contribution >= 0.6 is 0 Å². The minimum Gasteiger partial charge on any atom is -1.00 e. The number of ether oxygens (including phenoxy) is 2. The number of carbonyl (C=O) groups excluding carboxylic acids is 1. The highest BCUT2D eigenvalue weighted by atomic mass is 79.9. The largest absolute Gasteiger partial charge is 1.00 e. The van der Waals surface area contributed by atoms with Gasteiger partial charge in [-0.15, -0.1) is 0 Å². The Morgan fingerprint density at radius 2 is 1.70 bits per heavy atom. The van der Waals surface area contributed by atoms with E-state index in [-0.39, 0.29) is 40.4 Å². The average molecular weight is 753 g/mol. The number of hydrogen-bond donors (Lipinski definition) is 5. The lowest BCUT2D eigenvalue weighted by Crippen LogP contribution is -3.00. The number of piperidine rings is 3. The predicted molar refractivity (Wildman–Crippen MR) is 190 cm³/mol. The second kappa shape index (κ2) is 18.0. The van der Waals surface area contributed by atoms with Gasteiger partial charge < -0.3 is 56.9 Å². The molecule has 1 aliphatic carbocycles. The Morgan fingerprint density at radius 1 is 0.960 bits per heavy atom. The molecule has 7 rings (SSSR count). The van der Waals surface area contributed by atoms with Gasteiger partial charge >= 0.3 is 0 Å². The number of nitrogens with one attached hydrogen (secondary N) is 2. The minimum atomic E-state index is -0.903. The molecule has 3 saturated heterocycles. The summed E-state index contributed by atoms with van der Waals surface area (Å²) < 4.78 is 13.9. The molecule has 3 atom stereocenters. The van der Waals surface area contributed by atoms with Crippen LogP contribution in [0.4, 0.5) is 5.69 Å². The number of unbranched alkanes of at least 4 members (excludes halogenated alkanes) is 1. The van der Waals surface area contributed by atoms with E-state index in [1.54, 1.807) is 12.1 Å². The van der Waals surface area contributed by atoms with Crippen molar-refractivity contribution in [1.29, 1.82) is 0 Å². The molecular weight excluding hydrogens is 698 g/mol. The van der Waals surface area contributed by atoms with Crippen LogP contribution in [0.5, 0.6) is 11.5 Å². The van der Waals surface area contributed by atoms with Gasteiger partial charge in [0, 0.05) is 31.8 Å². The van der Waals surface area contributed by atoms with E-state index in [4.69, 9.17) is 9.47 Å². The first-order valence-corrected chi connectivity index (χ1v) is 18.3. The molecule has 50 heavy (non-hydrogen) atoms. The molecule has 10 heteroatoms. The third-order valence-electron chi connectivity index (χ3n) is 11.4. The summed E-state index contributed by atoms with van der Waals surface area (Å²) in [5.74, 6) is 1.69. The van der Waals surface area contributed by atoms with Crippen LogP contribution in [0.15, 0.2) is 72.8 Å². The van der Waals surface area contributed by atoms with Gasteiger partial charge in [0.05, 0.1) is 44.6 Å². The topological polar surface area (TPSA) is 120 Å². The number of quaternary nitrogens is 1. The highest BCUT2D eigenvalue weighted by Crippen LogP contribution is 2.43. The van der Waals surface area contributed by atoms with Crippen LogP contribution in [-0.4, -0.2) is 78.3 Å². The van der Waals surface area contributed by atoms with Gasteiger partial charge in [0.15, 0.2) is 0 Å². The fourth-order valence-corrected chi connectivity index (χ4v) is 8.38. The van der Waals surface area contributed by atoms with Gasteiger partial charge in [-0.3, -0.25) is 4.79 Å². The predicted octanol–water partition coefficient (Wildman–Crippen LogP) is 2.65. The number of carbonyl (C=O) groups is 1. The number of anilines is 1. The van der Waals surface area contributed by atoms with Crippen molar-refractivity contribution >= 4 is 12.1 Å². The standard InChI is InChI=1S/C40H53N3O6.BrH/c44-29-42-36-24-32(14-17-37(36)45)38(46)26-41-25-30-12-15-35(16-13-30)48-23-7-6-20-43-21-18-31(19-22-43)39(27-43)49-28-40(47,34-10-4-5-11-34)33-8-2-1-3-9-33;/h1-3,8-9,12-17,24,29,31,34,38-39,41,46-47H,4-7,10-11,18-23,25-28H2,(H-,42,44,45);1H/t31?,38-,39-,40+,43?;/m0./s1. The zero-order chi connectivity index (χ0) is 34.1. The molecule has 0 unspecified atom stereocenters. The summed E-state index contributed by atoms with van der Waals surface area (Å²) in [4.78, 5) is 10.7. The molecular formula is C40H54BrN3O6. The second-order valence-corrected chi connectivity index (χ2v) is 14.5. The lowest BCUT2D eigenvalue weighted by Gasteiger charge is -2.53. The molecule has 1 amide bonds. The van der Waals surface area contributed by atoms with E-state index in [2.05, 4.69) is 22.8 Å². The molecule has 5 N–H and O–H groups in total. The van der Waals surface area contributed by atoms with Crippen molar-refractivity contribution in [1.82, 2.24) is 5.32 Å². The molecule has 3 aliphatic heterocycles. The van der Waals surface area contributed by atoms with Crippen LogP contribution in [0.25, 0.3) is 0 Å². The SMILES string of the molecule is O=CNc1cc([C@@H](O)CNCc2ccc(OCCCC[N+]34CCC(CC3)[C@@H](OC[C@@](O)(c3ccccc3)C3CCCC3)C4)cc2)ccc1O.[Br-]. The smallest absolute Gasteiger partial charge is 0.211 e. The number of phenols is 1. The van der Waals surface area contributed by atoms with Crippen LogP contribution in [0.1, 0.15) is 74.2 Å². The number of rotatable bonds is 18. The van der Waals surface area contributed by atoms with Crippen molar-refractivity contribution in [2.75, 3.05) is 51.3 Å². The van der Waals surface area contributed by atoms with Crippen molar-refractivity contribution in [2.24, 2.45) is 11.8 Å². The van der Waals surface area contributed by atoms with Gasteiger partial charge in [-0.25, -0.2) is 0 Å². The Morgan fingerprint density at radius 3 is 2.42 bits per heavy atom. The van der Waals surface area contributed by atoms with E-state index in [0.29, 0.717) is 44.2 Å².